The minimum absolute atomic E-state index is 0.0421. The lowest BCUT2D eigenvalue weighted by molar-refractivity contribution is -0.133. The molecule has 0 radical (unpaired) electrons. The maximum absolute atomic E-state index is 12.6. The van der Waals surface area contributed by atoms with E-state index in [0.29, 0.717) is 0 Å². The average molecular weight is 298 g/mol. The molecule has 0 saturated heterocycles. The minimum Gasteiger partial charge on any atom is -0.359 e. The third kappa shape index (κ3) is 2.34. The summed E-state index contributed by atoms with van der Waals surface area (Å²) in [6.07, 6.45) is 2.44. The predicted octanol–water partition coefficient (Wildman–Crippen LogP) is 1.75. The number of rotatable bonds is 5. The highest BCUT2D eigenvalue weighted by Crippen LogP contribution is 2.62. The largest absolute Gasteiger partial charge is 0.359 e. The maximum Gasteiger partial charge on any atom is 0.226 e. The molecule has 0 bridgehead atoms. The Kier molecular flexibility index (Phi) is 3.64. The molecule has 0 aromatic heterocycles. The van der Waals surface area contributed by atoms with Gasteiger partial charge in [-0.15, -0.1) is 0 Å². The average Bonchev–Trinajstić information content (AvgIpc) is 3.24. The Balaban J connectivity index is 2.07. The van der Waals surface area contributed by atoms with E-state index in [1.165, 1.54) is 0 Å². The molecule has 2 aliphatic rings. The van der Waals surface area contributed by atoms with E-state index in [9.17, 15) is 9.59 Å². The zero-order valence-corrected chi connectivity index (χ0v) is 13.9. The number of nitrogens with one attached hydrogen (secondary N) is 2. The van der Waals surface area contributed by atoms with Crippen LogP contribution in [0.15, 0.2) is 0 Å². The standard InChI is InChI=1S/C15H26N2O2S/c1-6-13(2,9-7-14(9,3)11(18)16-5)12(19)17-10-8-15(10,4)20/h9-10,20H,6-8H2,1-5H3,(H,16,18)(H,17,19). The smallest absolute Gasteiger partial charge is 0.226 e. The fourth-order valence-electron chi connectivity index (χ4n) is 3.28. The predicted molar refractivity (Wildman–Crippen MR) is 82.6 cm³/mol. The quantitative estimate of drug-likeness (QED) is 0.677. The summed E-state index contributed by atoms with van der Waals surface area (Å²) in [5.74, 6) is 0.228. The number of hydrogen-bond acceptors (Lipinski definition) is 3. The van der Waals surface area contributed by atoms with Crippen molar-refractivity contribution < 1.29 is 9.59 Å². The monoisotopic (exact) mass is 298 g/mol. The number of thiol groups is 1. The van der Waals surface area contributed by atoms with Gasteiger partial charge in [-0.05, 0) is 32.1 Å². The fraction of sp³-hybridized carbons (Fsp3) is 0.867. The van der Waals surface area contributed by atoms with Crippen LogP contribution in [0.1, 0.15) is 47.0 Å². The molecule has 2 amide bonds. The molecule has 4 nitrogen and oxygen atoms in total. The zero-order chi connectivity index (χ0) is 15.3. The molecule has 2 saturated carbocycles. The summed E-state index contributed by atoms with van der Waals surface area (Å²) in [4.78, 5) is 24.6. The van der Waals surface area contributed by atoms with Crippen LogP contribution in [0.5, 0.6) is 0 Å². The summed E-state index contributed by atoms with van der Waals surface area (Å²) in [7, 11) is 1.66. The molecule has 2 fully saturated rings. The van der Waals surface area contributed by atoms with E-state index < -0.39 is 10.8 Å². The van der Waals surface area contributed by atoms with Crippen LogP contribution in [0, 0.1) is 16.7 Å². The summed E-state index contributed by atoms with van der Waals surface area (Å²) in [5, 5.41) is 5.82. The molecule has 0 aliphatic heterocycles. The Bertz CT molecular complexity index is 451. The van der Waals surface area contributed by atoms with E-state index in [4.69, 9.17) is 0 Å². The lowest BCUT2D eigenvalue weighted by Gasteiger charge is -2.29. The van der Waals surface area contributed by atoms with Gasteiger partial charge >= 0.3 is 0 Å². The first-order chi connectivity index (χ1) is 9.11. The Morgan fingerprint density at radius 2 is 1.90 bits per heavy atom. The summed E-state index contributed by atoms with van der Waals surface area (Å²) in [5.41, 5.74) is -0.877. The van der Waals surface area contributed by atoms with Gasteiger partial charge in [0, 0.05) is 23.3 Å². The van der Waals surface area contributed by atoms with Crippen molar-refractivity contribution in [3.05, 3.63) is 0 Å². The molecule has 0 spiro atoms. The van der Waals surface area contributed by atoms with Gasteiger partial charge < -0.3 is 10.6 Å². The fourth-order valence-corrected chi connectivity index (χ4v) is 3.53. The van der Waals surface area contributed by atoms with Gasteiger partial charge in [0.2, 0.25) is 11.8 Å². The van der Waals surface area contributed by atoms with Crippen LogP contribution in [0.4, 0.5) is 0 Å². The van der Waals surface area contributed by atoms with E-state index in [0.717, 1.165) is 19.3 Å². The molecule has 2 aliphatic carbocycles. The van der Waals surface area contributed by atoms with Crippen molar-refractivity contribution in [3.8, 4) is 0 Å². The topological polar surface area (TPSA) is 58.2 Å². The Morgan fingerprint density at radius 1 is 1.35 bits per heavy atom. The van der Waals surface area contributed by atoms with Crippen LogP contribution in [-0.2, 0) is 9.59 Å². The molecular weight excluding hydrogens is 272 g/mol. The highest BCUT2D eigenvalue weighted by Gasteiger charge is 2.65. The first-order valence-electron chi connectivity index (χ1n) is 7.37. The maximum atomic E-state index is 12.6. The van der Waals surface area contributed by atoms with E-state index in [1.54, 1.807) is 7.05 Å². The normalized spacial score (nSPS) is 41.5. The van der Waals surface area contributed by atoms with Crippen molar-refractivity contribution in [1.82, 2.24) is 10.6 Å². The second-order valence-corrected chi connectivity index (χ2v) is 8.13. The van der Waals surface area contributed by atoms with Crippen molar-refractivity contribution >= 4 is 24.4 Å². The second kappa shape index (κ2) is 4.65. The first-order valence-corrected chi connectivity index (χ1v) is 7.82. The summed E-state index contributed by atoms with van der Waals surface area (Å²) in [6.45, 7) is 8.00. The van der Waals surface area contributed by atoms with Crippen LogP contribution in [0.2, 0.25) is 0 Å². The van der Waals surface area contributed by atoms with Crippen molar-refractivity contribution in [2.24, 2.45) is 16.7 Å². The molecule has 5 heteroatoms. The second-order valence-electron chi connectivity index (χ2n) is 7.11. The van der Waals surface area contributed by atoms with Crippen molar-refractivity contribution in [2.45, 2.75) is 57.7 Å². The highest BCUT2D eigenvalue weighted by atomic mass is 32.1. The van der Waals surface area contributed by atoms with Crippen LogP contribution < -0.4 is 10.6 Å². The molecule has 20 heavy (non-hydrogen) atoms. The lowest BCUT2D eigenvalue weighted by atomic mass is 9.77. The third-order valence-electron chi connectivity index (χ3n) is 5.52. The van der Waals surface area contributed by atoms with Crippen LogP contribution in [-0.4, -0.2) is 29.7 Å². The third-order valence-corrected chi connectivity index (χ3v) is 6.01. The Hall–Kier alpha value is -0.710. The van der Waals surface area contributed by atoms with Crippen molar-refractivity contribution in [1.29, 1.82) is 0 Å². The van der Waals surface area contributed by atoms with Gasteiger partial charge in [-0.2, -0.15) is 12.6 Å². The lowest BCUT2D eigenvalue weighted by Crippen LogP contribution is -2.44. The molecule has 0 aromatic carbocycles. The summed E-state index contributed by atoms with van der Waals surface area (Å²) in [6, 6.07) is 0.161. The number of hydrogen-bond donors (Lipinski definition) is 3. The summed E-state index contributed by atoms with van der Waals surface area (Å²) >= 11 is 4.50. The molecule has 0 aromatic rings. The SMILES string of the molecule is CCC(C)(C(=O)NC1CC1(C)S)C1CC1(C)C(=O)NC. The molecule has 2 N–H and O–H groups in total. The van der Waals surface area contributed by atoms with Gasteiger partial charge in [-0.25, -0.2) is 0 Å². The molecule has 0 heterocycles. The van der Waals surface area contributed by atoms with Crippen molar-refractivity contribution in [2.75, 3.05) is 7.05 Å². The van der Waals surface area contributed by atoms with Crippen LogP contribution >= 0.6 is 12.6 Å². The van der Waals surface area contributed by atoms with Gasteiger partial charge in [-0.3, -0.25) is 9.59 Å². The van der Waals surface area contributed by atoms with Crippen molar-refractivity contribution in [3.63, 3.8) is 0 Å². The molecular formula is C15H26N2O2S. The number of carbonyl (C=O) groups is 2. The Morgan fingerprint density at radius 3 is 2.30 bits per heavy atom. The molecule has 5 unspecified atom stereocenters. The molecule has 114 valence electrons. The van der Waals surface area contributed by atoms with Gasteiger partial charge in [0.15, 0.2) is 0 Å². The number of amides is 2. The van der Waals surface area contributed by atoms with Gasteiger partial charge in [0.25, 0.3) is 0 Å². The highest BCUT2D eigenvalue weighted by molar-refractivity contribution is 7.82. The zero-order valence-electron chi connectivity index (χ0n) is 13.0. The Labute approximate surface area is 126 Å². The first kappa shape index (κ1) is 15.7. The van der Waals surface area contributed by atoms with E-state index in [-0.39, 0.29) is 28.5 Å². The van der Waals surface area contributed by atoms with Crippen LogP contribution in [0.25, 0.3) is 0 Å². The number of carbonyl (C=O) groups excluding carboxylic acids is 2. The van der Waals surface area contributed by atoms with Gasteiger partial charge in [0.1, 0.15) is 0 Å². The minimum atomic E-state index is -0.478. The van der Waals surface area contributed by atoms with Gasteiger partial charge in [-0.1, -0.05) is 20.8 Å². The van der Waals surface area contributed by atoms with Crippen LogP contribution in [0.3, 0.4) is 0 Å². The van der Waals surface area contributed by atoms with E-state index >= 15 is 0 Å². The summed E-state index contributed by atoms with van der Waals surface area (Å²) < 4.78 is -0.0715. The molecule has 2 rings (SSSR count). The van der Waals surface area contributed by atoms with E-state index in [1.807, 2.05) is 27.7 Å². The molecule has 5 atom stereocenters. The van der Waals surface area contributed by atoms with E-state index in [2.05, 4.69) is 23.3 Å². The van der Waals surface area contributed by atoms with Gasteiger partial charge in [0.05, 0.1) is 5.41 Å².